The number of hydrogen-bond donors (Lipinski definition) is 1. The van der Waals surface area contributed by atoms with Gasteiger partial charge in [0.05, 0.1) is 20.3 Å². The van der Waals surface area contributed by atoms with E-state index < -0.39 is 0 Å². The molecule has 0 saturated carbocycles. The maximum Gasteiger partial charge on any atom is 0.119 e. The molecule has 0 aromatic heterocycles. The molecule has 21 heavy (non-hydrogen) atoms. The van der Waals surface area contributed by atoms with Gasteiger partial charge in [0.25, 0.3) is 0 Å². The third kappa shape index (κ3) is 4.90. The Hall–Kier alpha value is -1.26. The number of benzene rings is 1. The molecule has 0 aliphatic carbocycles. The Balaban J connectivity index is 1.78. The second-order valence-corrected chi connectivity index (χ2v) is 5.75. The van der Waals surface area contributed by atoms with Gasteiger partial charge in [0.15, 0.2) is 0 Å². The van der Waals surface area contributed by atoms with Crippen LogP contribution in [0, 0.1) is 5.41 Å². The van der Waals surface area contributed by atoms with Crippen LogP contribution in [-0.2, 0) is 4.74 Å². The van der Waals surface area contributed by atoms with Crippen LogP contribution in [0.5, 0.6) is 11.5 Å². The Labute approximate surface area is 127 Å². The second-order valence-electron chi connectivity index (χ2n) is 5.75. The first-order valence-corrected chi connectivity index (χ1v) is 7.83. The lowest BCUT2D eigenvalue weighted by atomic mass is 9.84. The fourth-order valence-corrected chi connectivity index (χ4v) is 2.66. The first-order chi connectivity index (χ1) is 10.3. The highest BCUT2D eigenvalue weighted by Crippen LogP contribution is 2.32. The van der Waals surface area contributed by atoms with Gasteiger partial charge >= 0.3 is 0 Å². The fourth-order valence-electron chi connectivity index (χ4n) is 2.66. The van der Waals surface area contributed by atoms with E-state index in [2.05, 4.69) is 12.2 Å². The highest BCUT2D eigenvalue weighted by Gasteiger charge is 2.34. The number of hydrogen-bond acceptors (Lipinski definition) is 4. The van der Waals surface area contributed by atoms with E-state index in [4.69, 9.17) is 14.2 Å². The molecule has 2 rings (SSSR count). The summed E-state index contributed by atoms with van der Waals surface area (Å²) in [5.41, 5.74) is 0.238. The lowest BCUT2D eigenvalue weighted by molar-refractivity contribution is 0.129. The summed E-state index contributed by atoms with van der Waals surface area (Å²) in [6.07, 6.45) is 3.31. The van der Waals surface area contributed by atoms with Crippen molar-refractivity contribution in [2.45, 2.75) is 26.2 Å². The molecular weight excluding hydrogens is 266 g/mol. The smallest absolute Gasteiger partial charge is 0.119 e. The molecule has 0 amide bonds. The van der Waals surface area contributed by atoms with Crippen molar-refractivity contribution in [3.63, 3.8) is 0 Å². The van der Waals surface area contributed by atoms with Crippen molar-refractivity contribution in [2.75, 3.05) is 40.0 Å². The van der Waals surface area contributed by atoms with Crippen molar-refractivity contribution in [3.05, 3.63) is 24.3 Å². The van der Waals surface area contributed by atoms with Gasteiger partial charge in [0.1, 0.15) is 11.5 Å². The molecule has 1 N–H and O–H groups in total. The lowest BCUT2D eigenvalue weighted by Crippen LogP contribution is -2.36. The van der Waals surface area contributed by atoms with Crippen molar-refractivity contribution >= 4 is 0 Å². The first kappa shape index (κ1) is 16.1. The van der Waals surface area contributed by atoms with Crippen LogP contribution in [0.2, 0.25) is 0 Å². The minimum absolute atomic E-state index is 0.238. The van der Waals surface area contributed by atoms with Crippen LogP contribution in [-0.4, -0.2) is 40.0 Å². The largest absolute Gasteiger partial charge is 0.497 e. The standard InChI is InChI=1S/C17H27NO3/c1-3-10-18-13-17(8-11-20-14-17)9-12-21-16-6-4-15(19-2)5-7-16/h4-7,18H,3,8-14H2,1-2H3. The van der Waals surface area contributed by atoms with Gasteiger partial charge < -0.3 is 19.5 Å². The van der Waals surface area contributed by atoms with Gasteiger partial charge in [-0.25, -0.2) is 0 Å². The molecule has 1 unspecified atom stereocenters. The number of methoxy groups -OCH3 is 1. The summed E-state index contributed by atoms with van der Waals surface area (Å²) in [5.74, 6) is 1.75. The van der Waals surface area contributed by atoms with Gasteiger partial charge in [-0.3, -0.25) is 0 Å². The van der Waals surface area contributed by atoms with Crippen molar-refractivity contribution < 1.29 is 14.2 Å². The predicted octanol–water partition coefficient (Wildman–Crippen LogP) is 2.87. The monoisotopic (exact) mass is 293 g/mol. The van der Waals surface area contributed by atoms with E-state index in [0.29, 0.717) is 0 Å². The van der Waals surface area contributed by atoms with Crippen LogP contribution in [0.15, 0.2) is 24.3 Å². The molecule has 4 heteroatoms. The zero-order chi connectivity index (χ0) is 15.0. The van der Waals surface area contributed by atoms with Gasteiger partial charge in [0, 0.05) is 18.6 Å². The van der Waals surface area contributed by atoms with E-state index in [9.17, 15) is 0 Å². The minimum atomic E-state index is 0.238. The highest BCUT2D eigenvalue weighted by atomic mass is 16.5. The second kappa shape index (κ2) is 8.25. The molecule has 1 aliphatic heterocycles. The molecule has 1 fully saturated rings. The summed E-state index contributed by atoms with van der Waals surface area (Å²) in [5, 5.41) is 3.53. The number of nitrogens with one attached hydrogen (secondary N) is 1. The van der Waals surface area contributed by atoms with Gasteiger partial charge in [-0.15, -0.1) is 0 Å². The third-order valence-corrected chi connectivity index (χ3v) is 4.07. The van der Waals surface area contributed by atoms with Gasteiger partial charge in [-0.1, -0.05) is 6.92 Å². The zero-order valence-electron chi connectivity index (χ0n) is 13.2. The molecule has 0 bridgehead atoms. The minimum Gasteiger partial charge on any atom is -0.497 e. The Morgan fingerprint density at radius 1 is 1.24 bits per heavy atom. The van der Waals surface area contributed by atoms with Crippen LogP contribution in [0.25, 0.3) is 0 Å². The quantitative estimate of drug-likeness (QED) is 0.711. The third-order valence-electron chi connectivity index (χ3n) is 4.07. The topological polar surface area (TPSA) is 39.7 Å². The molecule has 1 aromatic rings. The molecule has 4 nitrogen and oxygen atoms in total. The van der Waals surface area contributed by atoms with Gasteiger partial charge in [-0.05, 0) is 50.1 Å². The van der Waals surface area contributed by atoms with E-state index in [-0.39, 0.29) is 5.41 Å². The van der Waals surface area contributed by atoms with E-state index >= 15 is 0 Å². The summed E-state index contributed by atoms with van der Waals surface area (Å²) in [4.78, 5) is 0. The van der Waals surface area contributed by atoms with E-state index in [0.717, 1.165) is 57.3 Å². The zero-order valence-corrected chi connectivity index (χ0v) is 13.2. The van der Waals surface area contributed by atoms with Crippen LogP contribution in [0.3, 0.4) is 0 Å². The molecule has 0 spiro atoms. The molecule has 1 saturated heterocycles. The summed E-state index contributed by atoms with van der Waals surface area (Å²) >= 11 is 0. The van der Waals surface area contributed by atoms with E-state index in [1.165, 1.54) is 6.42 Å². The number of rotatable bonds is 9. The van der Waals surface area contributed by atoms with Gasteiger partial charge in [-0.2, -0.15) is 0 Å². The SMILES string of the molecule is CCCNCC1(CCOc2ccc(OC)cc2)CCOC1. The summed E-state index contributed by atoms with van der Waals surface area (Å²) in [7, 11) is 1.67. The van der Waals surface area contributed by atoms with Crippen LogP contribution in [0.4, 0.5) is 0 Å². The van der Waals surface area contributed by atoms with Crippen molar-refractivity contribution in [1.29, 1.82) is 0 Å². The van der Waals surface area contributed by atoms with Crippen molar-refractivity contribution in [3.8, 4) is 11.5 Å². The first-order valence-electron chi connectivity index (χ1n) is 7.83. The van der Waals surface area contributed by atoms with Crippen molar-refractivity contribution in [2.24, 2.45) is 5.41 Å². The molecule has 1 aliphatic rings. The molecule has 1 atom stereocenters. The average Bonchev–Trinajstić information content (AvgIpc) is 2.97. The summed E-state index contributed by atoms with van der Waals surface area (Å²) in [6.45, 7) is 6.72. The van der Waals surface area contributed by atoms with E-state index in [1.54, 1.807) is 7.11 Å². The van der Waals surface area contributed by atoms with Crippen LogP contribution < -0.4 is 14.8 Å². The summed E-state index contributed by atoms with van der Waals surface area (Å²) in [6, 6.07) is 7.75. The maximum atomic E-state index is 5.86. The molecule has 1 aromatic carbocycles. The van der Waals surface area contributed by atoms with Gasteiger partial charge in [0.2, 0.25) is 0 Å². The summed E-state index contributed by atoms with van der Waals surface area (Å²) < 4.78 is 16.6. The molecule has 0 radical (unpaired) electrons. The van der Waals surface area contributed by atoms with E-state index in [1.807, 2.05) is 24.3 Å². The average molecular weight is 293 g/mol. The van der Waals surface area contributed by atoms with Crippen LogP contribution in [0.1, 0.15) is 26.2 Å². The Bertz CT molecular complexity index is 399. The molecule has 118 valence electrons. The Morgan fingerprint density at radius 3 is 2.62 bits per heavy atom. The predicted molar refractivity (Wildman–Crippen MR) is 84.1 cm³/mol. The highest BCUT2D eigenvalue weighted by molar-refractivity contribution is 5.31. The van der Waals surface area contributed by atoms with Crippen LogP contribution >= 0.6 is 0 Å². The normalized spacial score (nSPS) is 21.4. The fraction of sp³-hybridized carbons (Fsp3) is 0.647. The molecular formula is C17H27NO3. The van der Waals surface area contributed by atoms with Crippen molar-refractivity contribution in [1.82, 2.24) is 5.32 Å². The maximum absolute atomic E-state index is 5.86. The molecule has 1 heterocycles. The number of ether oxygens (including phenoxy) is 3. The lowest BCUT2D eigenvalue weighted by Gasteiger charge is -2.27. The Kier molecular flexibility index (Phi) is 6.33. The Morgan fingerprint density at radius 2 is 2.00 bits per heavy atom.